The van der Waals surface area contributed by atoms with Crippen LogP contribution >= 0.6 is 12.4 Å². The van der Waals surface area contributed by atoms with Gasteiger partial charge in [0.15, 0.2) is 0 Å². The third kappa shape index (κ3) is 5.06. The van der Waals surface area contributed by atoms with Gasteiger partial charge in [0.1, 0.15) is 6.04 Å². The molecule has 0 saturated carbocycles. The van der Waals surface area contributed by atoms with E-state index in [9.17, 15) is 4.79 Å². The summed E-state index contributed by atoms with van der Waals surface area (Å²) >= 11 is 0. The zero-order chi connectivity index (χ0) is 15.9. The summed E-state index contributed by atoms with van der Waals surface area (Å²) in [7, 11) is 5.25. The molecule has 0 fully saturated rings. The van der Waals surface area contributed by atoms with Crippen LogP contribution in [-0.4, -0.2) is 29.8 Å². The molecule has 0 saturated heterocycles. The number of carbonyl (C=O) groups is 1. The van der Waals surface area contributed by atoms with E-state index in [0.717, 1.165) is 16.7 Å². The molecule has 0 aliphatic carbocycles. The molecule has 7 heteroatoms. The van der Waals surface area contributed by atoms with Crippen LogP contribution in [0.3, 0.4) is 0 Å². The third-order valence-corrected chi connectivity index (χ3v) is 3.48. The van der Waals surface area contributed by atoms with Gasteiger partial charge in [0.05, 0.1) is 12.8 Å². The van der Waals surface area contributed by atoms with E-state index in [1.165, 1.54) is 0 Å². The first-order valence-corrected chi connectivity index (χ1v) is 7.15. The maximum absolute atomic E-state index is 12.4. The minimum Gasteiger partial charge on any atom is -0.380 e. The molecular formula is C16H23ClN4O2. The second-order valence-electron chi connectivity index (χ2n) is 5.09. The molecule has 2 aromatic rings. The van der Waals surface area contributed by atoms with Gasteiger partial charge in [-0.1, -0.05) is 24.3 Å². The molecule has 6 nitrogen and oxygen atoms in total. The van der Waals surface area contributed by atoms with E-state index in [4.69, 9.17) is 4.74 Å². The number of carbonyl (C=O) groups excluding carboxylic acids is 1. The van der Waals surface area contributed by atoms with Crippen molar-refractivity contribution >= 4 is 18.3 Å². The van der Waals surface area contributed by atoms with Gasteiger partial charge in [-0.3, -0.25) is 9.48 Å². The predicted octanol–water partition coefficient (Wildman–Crippen LogP) is 1.57. The molecule has 0 spiro atoms. The lowest BCUT2D eigenvalue weighted by molar-refractivity contribution is -0.123. The van der Waals surface area contributed by atoms with Crippen LogP contribution in [0.5, 0.6) is 0 Å². The summed E-state index contributed by atoms with van der Waals surface area (Å²) in [6.07, 6.45) is 3.53. The first kappa shape index (κ1) is 19.2. The van der Waals surface area contributed by atoms with Gasteiger partial charge in [-0.25, -0.2) is 0 Å². The van der Waals surface area contributed by atoms with Crippen molar-refractivity contribution in [2.45, 2.75) is 19.2 Å². The van der Waals surface area contributed by atoms with E-state index < -0.39 is 6.04 Å². The molecule has 1 aromatic carbocycles. The van der Waals surface area contributed by atoms with Gasteiger partial charge in [-0.05, 0) is 18.2 Å². The third-order valence-electron chi connectivity index (χ3n) is 3.48. The Kier molecular flexibility index (Phi) is 7.74. The summed E-state index contributed by atoms with van der Waals surface area (Å²) in [4.78, 5) is 12.4. The average molecular weight is 339 g/mol. The Bertz CT molecular complexity index is 630. The smallest absolute Gasteiger partial charge is 0.242 e. The highest BCUT2D eigenvalue weighted by Crippen LogP contribution is 2.13. The number of nitrogens with one attached hydrogen (secondary N) is 2. The Morgan fingerprint density at radius 3 is 2.61 bits per heavy atom. The van der Waals surface area contributed by atoms with Crippen LogP contribution in [0.2, 0.25) is 0 Å². The molecule has 23 heavy (non-hydrogen) atoms. The highest BCUT2D eigenvalue weighted by molar-refractivity contribution is 5.85. The summed E-state index contributed by atoms with van der Waals surface area (Å²) in [6.45, 7) is 1.00. The molecule has 0 bridgehead atoms. The first-order chi connectivity index (χ1) is 10.7. The Morgan fingerprint density at radius 2 is 2.04 bits per heavy atom. The van der Waals surface area contributed by atoms with Crippen molar-refractivity contribution in [2.24, 2.45) is 7.05 Å². The molecule has 0 aliphatic rings. The molecule has 0 radical (unpaired) electrons. The lowest BCUT2D eigenvalue weighted by Crippen LogP contribution is -2.35. The Morgan fingerprint density at radius 1 is 1.35 bits per heavy atom. The highest BCUT2D eigenvalue weighted by Gasteiger charge is 2.19. The summed E-state index contributed by atoms with van der Waals surface area (Å²) in [6, 6.07) is 7.50. The Hall–Kier alpha value is -1.89. The van der Waals surface area contributed by atoms with Crippen molar-refractivity contribution in [3.8, 4) is 0 Å². The Labute approximate surface area is 142 Å². The normalized spacial score (nSPS) is 11.6. The van der Waals surface area contributed by atoms with E-state index in [1.807, 2.05) is 37.5 Å². The van der Waals surface area contributed by atoms with Gasteiger partial charge < -0.3 is 15.4 Å². The molecule has 1 heterocycles. The molecule has 1 atom stereocenters. The quantitative estimate of drug-likeness (QED) is 0.804. The number of hydrogen-bond acceptors (Lipinski definition) is 4. The van der Waals surface area contributed by atoms with E-state index in [0.29, 0.717) is 13.2 Å². The number of benzene rings is 1. The largest absolute Gasteiger partial charge is 0.380 e. The fourth-order valence-electron chi connectivity index (χ4n) is 2.35. The minimum atomic E-state index is -0.414. The fourth-order valence-corrected chi connectivity index (χ4v) is 2.35. The summed E-state index contributed by atoms with van der Waals surface area (Å²) in [5, 5.41) is 10.1. The number of likely N-dealkylation sites (N-methyl/N-ethyl adjacent to an activating group) is 1. The number of methoxy groups -OCH3 is 1. The molecular weight excluding hydrogens is 316 g/mol. The predicted molar refractivity (Wildman–Crippen MR) is 91.3 cm³/mol. The van der Waals surface area contributed by atoms with Crippen molar-refractivity contribution in [3.63, 3.8) is 0 Å². The zero-order valence-electron chi connectivity index (χ0n) is 13.6. The summed E-state index contributed by atoms with van der Waals surface area (Å²) in [5.41, 5.74) is 2.97. The van der Waals surface area contributed by atoms with Gasteiger partial charge in [0.25, 0.3) is 0 Å². The van der Waals surface area contributed by atoms with E-state index in [1.54, 1.807) is 25.0 Å². The second kappa shape index (κ2) is 9.29. The summed E-state index contributed by atoms with van der Waals surface area (Å²) < 4.78 is 6.86. The van der Waals surface area contributed by atoms with E-state index in [2.05, 4.69) is 15.7 Å². The second-order valence-corrected chi connectivity index (χ2v) is 5.09. The number of hydrogen-bond donors (Lipinski definition) is 2. The highest BCUT2D eigenvalue weighted by atomic mass is 35.5. The molecule has 2 N–H and O–H groups in total. The number of halogens is 1. The molecule has 2 rings (SSSR count). The molecule has 1 unspecified atom stereocenters. The molecule has 1 amide bonds. The van der Waals surface area contributed by atoms with Crippen molar-refractivity contribution in [1.82, 2.24) is 20.4 Å². The lowest BCUT2D eigenvalue weighted by Gasteiger charge is -2.16. The number of amides is 1. The van der Waals surface area contributed by atoms with Crippen LogP contribution in [0.15, 0.2) is 36.7 Å². The van der Waals surface area contributed by atoms with Crippen LogP contribution < -0.4 is 10.6 Å². The topological polar surface area (TPSA) is 68.2 Å². The molecule has 0 aliphatic heterocycles. The minimum absolute atomic E-state index is 0. The lowest BCUT2D eigenvalue weighted by atomic mass is 10.1. The van der Waals surface area contributed by atoms with Gasteiger partial charge in [-0.15, -0.1) is 12.4 Å². The zero-order valence-corrected chi connectivity index (χ0v) is 14.4. The fraction of sp³-hybridized carbons (Fsp3) is 0.375. The number of aryl methyl sites for hydroxylation is 1. The van der Waals surface area contributed by atoms with Crippen molar-refractivity contribution in [3.05, 3.63) is 53.3 Å². The number of nitrogens with zero attached hydrogens (tertiary/aromatic N) is 2. The number of rotatable bonds is 7. The van der Waals surface area contributed by atoms with Crippen LogP contribution in [0.4, 0.5) is 0 Å². The van der Waals surface area contributed by atoms with Crippen LogP contribution in [0.1, 0.15) is 22.7 Å². The average Bonchev–Trinajstić information content (AvgIpc) is 2.94. The van der Waals surface area contributed by atoms with Gasteiger partial charge >= 0.3 is 0 Å². The molecule has 126 valence electrons. The van der Waals surface area contributed by atoms with Gasteiger partial charge in [0.2, 0.25) is 5.91 Å². The van der Waals surface area contributed by atoms with Crippen LogP contribution in [0.25, 0.3) is 0 Å². The Balaban J connectivity index is 0.00000264. The van der Waals surface area contributed by atoms with Crippen LogP contribution in [-0.2, 0) is 29.7 Å². The van der Waals surface area contributed by atoms with Crippen molar-refractivity contribution < 1.29 is 9.53 Å². The van der Waals surface area contributed by atoms with E-state index >= 15 is 0 Å². The van der Waals surface area contributed by atoms with Crippen molar-refractivity contribution in [2.75, 3.05) is 14.2 Å². The monoisotopic (exact) mass is 338 g/mol. The molecule has 1 aromatic heterocycles. The maximum Gasteiger partial charge on any atom is 0.242 e. The van der Waals surface area contributed by atoms with Gasteiger partial charge in [0, 0.05) is 32.5 Å². The van der Waals surface area contributed by atoms with E-state index in [-0.39, 0.29) is 18.3 Å². The van der Waals surface area contributed by atoms with Gasteiger partial charge in [-0.2, -0.15) is 5.10 Å². The maximum atomic E-state index is 12.4. The number of ether oxygens (including phenoxy) is 1. The van der Waals surface area contributed by atoms with Crippen LogP contribution in [0, 0.1) is 0 Å². The standard InChI is InChI=1S/C16H22N4O2.ClH/c1-17-15(14-9-19-20(2)10-14)16(21)18-8-12-6-4-5-7-13(12)11-22-3;/h4-7,9-10,15,17H,8,11H2,1-3H3,(H,18,21);1H. The number of aromatic nitrogens is 2. The first-order valence-electron chi connectivity index (χ1n) is 7.15. The summed E-state index contributed by atoms with van der Waals surface area (Å²) in [5.74, 6) is -0.0808. The SMILES string of the molecule is CNC(C(=O)NCc1ccccc1COC)c1cnn(C)c1.Cl. The van der Waals surface area contributed by atoms with Crippen molar-refractivity contribution in [1.29, 1.82) is 0 Å².